The highest BCUT2D eigenvalue weighted by Gasteiger charge is 2.15. The Balaban J connectivity index is 2.50. The number of pyridine rings is 1. The van der Waals surface area contributed by atoms with E-state index in [0.29, 0.717) is 11.0 Å². The topological polar surface area (TPSA) is 100 Å². The molecule has 0 saturated heterocycles. The molecule has 74 valence electrons. The summed E-state index contributed by atoms with van der Waals surface area (Å²) in [7, 11) is 0. The second kappa shape index (κ2) is 2.57. The van der Waals surface area contributed by atoms with E-state index in [1.54, 1.807) is 6.20 Å². The number of carbonyl (C=O) groups is 1. The summed E-state index contributed by atoms with van der Waals surface area (Å²) in [4.78, 5) is 18.3. The number of nitrogens with zero attached hydrogens (tertiary/aromatic N) is 2. The van der Waals surface area contributed by atoms with Crippen molar-refractivity contribution in [2.45, 2.75) is 0 Å². The first kappa shape index (κ1) is 7.98. The molecule has 4 N–H and O–H groups in total. The van der Waals surface area contributed by atoms with Crippen LogP contribution in [0.3, 0.4) is 0 Å². The Hall–Kier alpha value is -2.37. The van der Waals surface area contributed by atoms with Gasteiger partial charge < -0.3 is 10.7 Å². The van der Waals surface area contributed by atoms with Crippen LogP contribution in [0.4, 0.5) is 0 Å². The molecule has 0 aliphatic carbocycles. The smallest absolute Gasteiger partial charge is 0.271 e. The molecule has 0 saturated carbocycles. The van der Waals surface area contributed by atoms with E-state index < -0.39 is 5.91 Å². The van der Waals surface area contributed by atoms with Crippen LogP contribution in [0.5, 0.6) is 0 Å². The fourth-order valence-electron chi connectivity index (χ4n) is 1.65. The zero-order valence-electron chi connectivity index (χ0n) is 7.61. The van der Waals surface area contributed by atoms with Gasteiger partial charge in [0.15, 0.2) is 5.69 Å². The van der Waals surface area contributed by atoms with Crippen LogP contribution in [-0.4, -0.2) is 26.1 Å². The summed E-state index contributed by atoms with van der Waals surface area (Å²) in [5.41, 5.74) is 8.32. The highest BCUT2D eigenvalue weighted by atomic mass is 16.1. The Morgan fingerprint density at radius 3 is 3.07 bits per heavy atom. The number of aromatic amines is 2. The van der Waals surface area contributed by atoms with Gasteiger partial charge in [-0.1, -0.05) is 0 Å². The summed E-state index contributed by atoms with van der Waals surface area (Å²) >= 11 is 0. The third-order valence-corrected chi connectivity index (χ3v) is 2.30. The Morgan fingerprint density at radius 2 is 2.27 bits per heavy atom. The van der Waals surface area contributed by atoms with Gasteiger partial charge in [-0.2, -0.15) is 5.10 Å². The Morgan fingerprint density at radius 1 is 1.40 bits per heavy atom. The molecular formula is C9H7N5O. The number of fused-ring (bicyclic) bond motifs is 3. The molecule has 6 nitrogen and oxygen atoms in total. The maximum Gasteiger partial charge on any atom is 0.271 e. The molecule has 3 aromatic rings. The number of H-pyrrole nitrogens is 2. The first-order valence-corrected chi connectivity index (χ1v) is 4.38. The van der Waals surface area contributed by atoms with Gasteiger partial charge in [-0.25, -0.2) is 0 Å². The van der Waals surface area contributed by atoms with E-state index in [9.17, 15) is 4.79 Å². The zero-order chi connectivity index (χ0) is 10.4. The number of hydrogen-bond acceptors (Lipinski definition) is 3. The number of aromatic nitrogens is 4. The van der Waals surface area contributed by atoms with Crippen LogP contribution in [-0.2, 0) is 0 Å². The molecule has 6 heteroatoms. The van der Waals surface area contributed by atoms with E-state index in [-0.39, 0.29) is 5.69 Å². The lowest BCUT2D eigenvalue weighted by Gasteiger charge is -1.86. The van der Waals surface area contributed by atoms with Crippen molar-refractivity contribution in [3.8, 4) is 0 Å². The first-order valence-electron chi connectivity index (χ1n) is 4.38. The van der Waals surface area contributed by atoms with Crippen LogP contribution in [0.1, 0.15) is 10.5 Å². The second-order valence-corrected chi connectivity index (χ2v) is 3.21. The standard InChI is InChI=1S/C9H7N5O/c10-9(15)8-6-7(13-14-8)5-4(12-6)2-1-3-11-5/h1-3,12H,(H2,10,15)(H,13,14). The Bertz CT molecular complexity index is 665. The van der Waals surface area contributed by atoms with E-state index >= 15 is 0 Å². The lowest BCUT2D eigenvalue weighted by molar-refractivity contribution is 0.0997. The molecular weight excluding hydrogens is 194 g/mol. The number of amides is 1. The largest absolute Gasteiger partial charge is 0.364 e. The molecule has 0 radical (unpaired) electrons. The second-order valence-electron chi connectivity index (χ2n) is 3.21. The van der Waals surface area contributed by atoms with Crippen LogP contribution in [0, 0.1) is 0 Å². The number of carbonyl (C=O) groups excluding carboxylic acids is 1. The van der Waals surface area contributed by atoms with Crippen molar-refractivity contribution in [3.05, 3.63) is 24.0 Å². The Kier molecular flexibility index (Phi) is 1.37. The van der Waals surface area contributed by atoms with Crippen molar-refractivity contribution in [2.75, 3.05) is 0 Å². The van der Waals surface area contributed by atoms with Crippen LogP contribution < -0.4 is 5.73 Å². The predicted octanol–water partition coefficient (Wildman–Crippen LogP) is 0.538. The molecule has 0 aliphatic heterocycles. The number of primary amides is 1. The Labute approximate surface area is 83.5 Å². The van der Waals surface area contributed by atoms with Crippen LogP contribution in [0.15, 0.2) is 18.3 Å². The molecule has 15 heavy (non-hydrogen) atoms. The molecule has 0 atom stereocenters. The minimum absolute atomic E-state index is 0.211. The summed E-state index contributed by atoms with van der Waals surface area (Å²) in [6.07, 6.45) is 1.68. The van der Waals surface area contributed by atoms with Gasteiger partial charge in [-0.3, -0.25) is 14.9 Å². The van der Waals surface area contributed by atoms with E-state index in [1.165, 1.54) is 0 Å². The predicted molar refractivity (Wildman–Crippen MR) is 54.3 cm³/mol. The number of rotatable bonds is 1. The zero-order valence-corrected chi connectivity index (χ0v) is 7.61. The fraction of sp³-hybridized carbons (Fsp3) is 0. The van der Waals surface area contributed by atoms with Crippen molar-refractivity contribution in [3.63, 3.8) is 0 Å². The summed E-state index contributed by atoms with van der Waals surface area (Å²) < 4.78 is 0. The van der Waals surface area contributed by atoms with Crippen LogP contribution in [0.25, 0.3) is 22.1 Å². The molecule has 3 heterocycles. The van der Waals surface area contributed by atoms with Crippen LogP contribution >= 0.6 is 0 Å². The van der Waals surface area contributed by atoms with Gasteiger partial charge in [-0.05, 0) is 12.1 Å². The number of hydrogen-bond donors (Lipinski definition) is 3. The molecule has 0 fully saturated rings. The lowest BCUT2D eigenvalue weighted by atomic mass is 10.3. The fourth-order valence-corrected chi connectivity index (χ4v) is 1.65. The van der Waals surface area contributed by atoms with Crippen molar-refractivity contribution in [1.29, 1.82) is 0 Å². The van der Waals surface area contributed by atoms with E-state index in [0.717, 1.165) is 11.0 Å². The summed E-state index contributed by atoms with van der Waals surface area (Å²) in [5, 5.41) is 6.58. The SMILES string of the molecule is NC(=O)c1n[nH]c2c1[nH]c1cccnc12. The van der Waals surface area contributed by atoms with Gasteiger partial charge in [0.25, 0.3) is 5.91 Å². The molecule has 0 bridgehead atoms. The van der Waals surface area contributed by atoms with Crippen molar-refractivity contribution in [1.82, 2.24) is 20.2 Å². The number of nitrogens with two attached hydrogens (primary N) is 1. The lowest BCUT2D eigenvalue weighted by Crippen LogP contribution is -2.11. The molecule has 0 aliphatic rings. The monoisotopic (exact) mass is 201 g/mol. The molecule has 0 aromatic carbocycles. The van der Waals surface area contributed by atoms with Gasteiger partial charge in [0.05, 0.1) is 11.0 Å². The normalized spacial score (nSPS) is 11.2. The average molecular weight is 201 g/mol. The maximum absolute atomic E-state index is 11.1. The third kappa shape index (κ3) is 0.954. The first-order chi connectivity index (χ1) is 7.27. The summed E-state index contributed by atoms with van der Waals surface area (Å²) in [6.45, 7) is 0. The number of nitrogens with one attached hydrogen (secondary N) is 2. The van der Waals surface area contributed by atoms with Gasteiger partial charge in [0.2, 0.25) is 0 Å². The highest BCUT2D eigenvalue weighted by molar-refractivity contribution is 6.10. The third-order valence-electron chi connectivity index (χ3n) is 2.30. The van der Waals surface area contributed by atoms with Crippen molar-refractivity contribution < 1.29 is 4.79 Å². The summed E-state index contributed by atoms with van der Waals surface area (Å²) in [6, 6.07) is 3.69. The molecule has 0 unspecified atom stereocenters. The quantitative estimate of drug-likeness (QED) is 0.535. The van der Waals surface area contributed by atoms with Gasteiger partial charge in [0.1, 0.15) is 11.0 Å². The maximum atomic E-state index is 11.1. The molecule has 3 aromatic heterocycles. The van der Waals surface area contributed by atoms with E-state index in [1.807, 2.05) is 12.1 Å². The molecule has 0 spiro atoms. The van der Waals surface area contributed by atoms with Crippen molar-refractivity contribution >= 4 is 28.0 Å². The molecule has 1 amide bonds. The van der Waals surface area contributed by atoms with Crippen LogP contribution in [0.2, 0.25) is 0 Å². The van der Waals surface area contributed by atoms with E-state index in [4.69, 9.17) is 5.73 Å². The van der Waals surface area contributed by atoms with Gasteiger partial charge in [0, 0.05) is 6.20 Å². The van der Waals surface area contributed by atoms with Gasteiger partial charge >= 0.3 is 0 Å². The minimum atomic E-state index is -0.562. The average Bonchev–Trinajstić information content (AvgIpc) is 2.74. The minimum Gasteiger partial charge on any atom is -0.364 e. The summed E-state index contributed by atoms with van der Waals surface area (Å²) in [5.74, 6) is -0.562. The molecule has 3 rings (SSSR count). The van der Waals surface area contributed by atoms with E-state index in [2.05, 4.69) is 20.2 Å². The van der Waals surface area contributed by atoms with Gasteiger partial charge in [-0.15, -0.1) is 0 Å². The highest BCUT2D eigenvalue weighted by Crippen LogP contribution is 2.22. The van der Waals surface area contributed by atoms with Crippen molar-refractivity contribution in [2.24, 2.45) is 5.73 Å².